The van der Waals surface area contributed by atoms with Crippen LogP contribution in [-0.2, 0) is 4.79 Å². The number of thioether (sulfide) groups is 1. The maximum absolute atomic E-state index is 12.1. The minimum absolute atomic E-state index is 0.0590. The van der Waals surface area contributed by atoms with E-state index in [2.05, 4.69) is 15.3 Å². The fourth-order valence-corrected chi connectivity index (χ4v) is 2.94. The Hall–Kier alpha value is -3.13. The Labute approximate surface area is 153 Å². The summed E-state index contributed by atoms with van der Waals surface area (Å²) in [7, 11) is 1.57. The van der Waals surface area contributed by atoms with E-state index in [1.54, 1.807) is 55.6 Å². The number of carbonyl (C=O) groups is 2. The second-order valence-corrected chi connectivity index (χ2v) is 6.18. The van der Waals surface area contributed by atoms with Crippen molar-refractivity contribution in [3.05, 3.63) is 54.2 Å². The summed E-state index contributed by atoms with van der Waals surface area (Å²) < 4.78 is 5.06. The van der Waals surface area contributed by atoms with Gasteiger partial charge in [-0.25, -0.2) is 14.8 Å². The molecule has 132 valence electrons. The van der Waals surface area contributed by atoms with Crippen LogP contribution in [-0.4, -0.2) is 39.8 Å². The van der Waals surface area contributed by atoms with Gasteiger partial charge in [0, 0.05) is 11.1 Å². The van der Waals surface area contributed by atoms with Crippen LogP contribution in [0.2, 0.25) is 0 Å². The van der Waals surface area contributed by atoms with Gasteiger partial charge in [-0.1, -0.05) is 30.0 Å². The molecule has 7 nitrogen and oxygen atoms in total. The first-order valence-corrected chi connectivity index (χ1v) is 8.62. The molecule has 0 atom stereocenters. The number of aromatic nitrogens is 2. The number of para-hydroxylation sites is 1. The fourth-order valence-electron chi connectivity index (χ4n) is 2.28. The Morgan fingerprint density at radius 3 is 2.54 bits per heavy atom. The topological polar surface area (TPSA) is 101 Å². The van der Waals surface area contributed by atoms with Crippen molar-refractivity contribution in [1.29, 1.82) is 0 Å². The minimum atomic E-state index is -1.13. The van der Waals surface area contributed by atoms with E-state index in [-0.39, 0.29) is 22.5 Å². The molecule has 3 rings (SSSR count). The van der Waals surface area contributed by atoms with Gasteiger partial charge < -0.3 is 15.2 Å². The Morgan fingerprint density at radius 1 is 1.12 bits per heavy atom. The third kappa shape index (κ3) is 4.09. The van der Waals surface area contributed by atoms with Gasteiger partial charge in [0.1, 0.15) is 5.75 Å². The number of nitrogens with one attached hydrogen (secondary N) is 1. The van der Waals surface area contributed by atoms with E-state index in [0.29, 0.717) is 22.3 Å². The molecule has 0 aliphatic heterocycles. The molecular weight excluding hydrogens is 354 g/mol. The van der Waals surface area contributed by atoms with Crippen LogP contribution in [0.5, 0.6) is 5.75 Å². The highest BCUT2D eigenvalue weighted by Crippen LogP contribution is 2.21. The number of fused-ring (bicyclic) bond motifs is 1. The number of ether oxygens (including phenoxy) is 1. The third-order valence-electron chi connectivity index (χ3n) is 3.49. The maximum atomic E-state index is 12.1. The summed E-state index contributed by atoms with van der Waals surface area (Å²) in [6.45, 7) is 0. The Morgan fingerprint density at radius 2 is 1.85 bits per heavy atom. The van der Waals surface area contributed by atoms with E-state index >= 15 is 0 Å². The molecule has 0 bridgehead atoms. The van der Waals surface area contributed by atoms with E-state index in [1.807, 2.05) is 0 Å². The lowest BCUT2D eigenvalue weighted by molar-refractivity contribution is -0.113. The molecule has 26 heavy (non-hydrogen) atoms. The monoisotopic (exact) mass is 369 g/mol. The molecule has 0 unspecified atom stereocenters. The Balaban J connectivity index is 1.70. The number of anilines is 1. The quantitative estimate of drug-likeness (QED) is 0.508. The first-order valence-electron chi connectivity index (χ1n) is 7.63. The van der Waals surface area contributed by atoms with Crippen molar-refractivity contribution in [2.75, 3.05) is 18.2 Å². The first-order chi connectivity index (χ1) is 12.6. The second-order valence-electron chi connectivity index (χ2n) is 5.24. The van der Waals surface area contributed by atoms with Crippen LogP contribution in [0.1, 0.15) is 10.5 Å². The highest BCUT2D eigenvalue weighted by Gasteiger charge is 2.14. The van der Waals surface area contributed by atoms with E-state index in [0.717, 1.165) is 11.8 Å². The van der Waals surface area contributed by atoms with Gasteiger partial charge >= 0.3 is 5.97 Å². The SMILES string of the molecule is COc1ccc(NC(=O)CSc2nc(C(=O)O)c3ccccc3n2)cc1. The predicted octanol–water partition coefficient (Wildman–Crippen LogP) is 3.07. The summed E-state index contributed by atoms with van der Waals surface area (Å²) in [5.74, 6) is -0.617. The molecule has 0 spiro atoms. The summed E-state index contributed by atoms with van der Waals surface area (Å²) in [5, 5.41) is 12.8. The number of carboxylic acid groups (broad SMARTS) is 1. The number of benzene rings is 2. The molecule has 3 aromatic rings. The number of carboxylic acids is 1. The summed E-state index contributed by atoms with van der Waals surface area (Å²) >= 11 is 1.08. The zero-order valence-electron chi connectivity index (χ0n) is 13.8. The van der Waals surface area contributed by atoms with Crippen LogP contribution in [0.15, 0.2) is 53.7 Å². The normalized spacial score (nSPS) is 10.5. The maximum Gasteiger partial charge on any atom is 0.355 e. The van der Waals surface area contributed by atoms with Crippen molar-refractivity contribution in [2.45, 2.75) is 5.16 Å². The largest absolute Gasteiger partial charge is 0.497 e. The third-order valence-corrected chi connectivity index (χ3v) is 4.34. The zero-order valence-corrected chi connectivity index (χ0v) is 14.6. The number of carbonyl (C=O) groups excluding carboxylic acids is 1. The molecule has 0 radical (unpaired) electrons. The van der Waals surface area contributed by atoms with E-state index in [1.165, 1.54) is 0 Å². The number of nitrogens with zero attached hydrogens (tertiary/aromatic N) is 2. The molecule has 1 aromatic heterocycles. The number of hydrogen-bond acceptors (Lipinski definition) is 6. The second kappa shape index (κ2) is 7.83. The smallest absolute Gasteiger partial charge is 0.355 e. The lowest BCUT2D eigenvalue weighted by Crippen LogP contribution is -2.14. The molecule has 1 heterocycles. The van der Waals surface area contributed by atoms with Crippen molar-refractivity contribution < 1.29 is 19.4 Å². The highest BCUT2D eigenvalue weighted by atomic mass is 32.2. The zero-order chi connectivity index (χ0) is 18.5. The molecule has 0 saturated carbocycles. The van der Waals surface area contributed by atoms with Gasteiger partial charge in [0.05, 0.1) is 18.4 Å². The lowest BCUT2D eigenvalue weighted by Gasteiger charge is -2.07. The van der Waals surface area contributed by atoms with Crippen LogP contribution < -0.4 is 10.1 Å². The molecule has 1 amide bonds. The molecule has 0 fully saturated rings. The van der Waals surface area contributed by atoms with Gasteiger partial charge in [0.25, 0.3) is 0 Å². The minimum Gasteiger partial charge on any atom is -0.497 e. The Kier molecular flexibility index (Phi) is 5.33. The van der Waals surface area contributed by atoms with Crippen LogP contribution in [0.3, 0.4) is 0 Å². The van der Waals surface area contributed by atoms with Crippen LogP contribution >= 0.6 is 11.8 Å². The van der Waals surface area contributed by atoms with Gasteiger partial charge in [-0.2, -0.15) is 0 Å². The van der Waals surface area contributed by atoms with Crippen LogP contribution in [0.4, 0.5) is 5.69 Å². The highest BCUT2D eigenvalue weighted by molar-refractivity contribution is 7.99. The Bertz CT molecular complexity index is 960. The molecular formula is C18H15N3O4S. The van der Waals surface area contributed by atoms with Crippen molar-refractivity contribution >= 4 is 40.2 Å². The van der Waals surface area contributed by atoms with Gasteiger partial charge in [-0.3, -0.25) is 4.79 Å². The summed E-state index contributed by atoms with van der Waals surface area (Å²) in [5.41, 5.74) is 1.09. The average molecular weight is 369 g/mol. The van der Waals surface area contributed by atoms with E-state index in [4.69, 9.17) is 4.74 Å². The number of aromatic carboxylic acids is 1. The summed E-state index contributed by atoms with van der Waals surface area (Å²) in [6, 6.07) is 13.8. The first kappa shape index (κ1) is 17.7. The average Bonchev–Trinajstić information content (AvgIpc) is 2.66. The molecule has 2 N–H and O–H groups in total. The van der Waals surface area contributed by atoms with Crippen molar-refractivity contribution in [3.63, 3.8) is 0 Å². The number of rotatable bonds is 6. The van der Waals surface area contributed by atoms with Gasteiger partial charge in [0.2, 0.25) is 5.91 Å². The molecule has 0 aliphatic rings. The van der Waals surface area contributed by atoms with Gasteiger partial charge in [-0.05, 0) is 30.3 Å². The fraction of sp³-hybridized carbons (Fsp3) is 0.111. The van der Waals surface area contributed by atoms with Crippen molar-refractivity contribution in [2.24, 2.45) is 0 Å². The van der Waals surface area contributed by atoms with Crippen LogP contribution in [0.25, 0.3) is 10.9 Å². The van der Waals surface area contributed by atoms with Crippen LogP contribution in [0, 0.1) is 0 Å². The number of amides is 1. The summed E-state index contributed by atoms with van der Waals surface area (Å²) in [6.07, 6.45) is 0. The van der Waals surface area contributed by atoms with Crippen molar-refractivity contribution in [3.8, 4) is 5.75 Å². The molecule has 0 saturated heterocycles. The molecule has 0 aliphatic carbocycles. The van der Waals surface area contributed by atoms with E-state index < -0.39 is 5.97 Å². The standard InChI is InChI=1S/C18H15N3O4S/c1-25-12-8-6-11(7-9-12)19-15(22)10-26-18-20-14-5-3-2-4-13(14)16(21-18)17(23)24/h2-9H,10H2,1H3,(H,19,22)(H,23,24). The number of methoxy groups -OCH3 is 1. The van der Waals surface area contributed by atoms with Gasteiger partial charge in [-0.15, -0.1) is 0 Å². The van der Waals surface area contributed by atoms with E-state index in [9.17, 15) is 14.7 Å². The molecule has 2 aromatic carbocycles. The lowest BCUT2D eigenvalue weighted by atomic mass is 10.2. The van der Waals surface area contributed by atoms with Crippen molar-refractivity contribution in [1.82, 2.24) is 9.97 Å². The number of hydrogen-bond donors (Lipinski definition) is 2. The molecule has 8 heteroatoms. The predicted molar refractivity (Wildman–Crippen MR) is 98.8 cm³/mol. The van der Waals surface area contributed by atoms with Gasteiger partial charge in [0.15, 0.2) is 10.9 Å². The summed E-state index contributed by atoms with van der Waals surface area (Å²) in [4.78, 5) is 31.9.